The van der Waals surface area contributed by atoms with Crippen molar-refractivity contribution in [1.82, 2.24) is 0 Å². The number of benzene rings is 4. The number of para-hydroxylation sites is 2. The Balaban J connectivity index is 1.85. The molecule has 0 aromatic heterocycles. The van der Waals surface area contributed by atoms with E-state index in [1.165, 1.54) is 38.4 Å². The number of rotatable bonds is 5. The summed E-state index contributed by atoms with van der Waals surface area (Å²) in [5, 5.41) is 7.81. The topological polar surface area (TPSA) is 12.0 Å². The number of hydrogen-bond acceptors (Lipinski definition) is 1. The summed E-state index contributed by atoms with van der Waals surface area (Å²) in [5.41, 5.74) is 4.90. The van der Waals surface area contributed by atoms with Crippen LogP contribution in [0.3, 0.4) is 0 Å². The van der Waals surface area contributed by atoms with E-state index in [-0.39, 0.29) is 0 Å². The Bertz CT molecular complexity index is 998. The van der Waals surface area contributed by atoms with Crippen LogP contribution in [0.25, 0.3) is 0 Å². The minimum Gasteiger partial charge on any atom is -0.355 e. The maximum atomic E-state index is 3.75. The third-order valence-electron chi connectivity index (χ3n) is 4.91. The van der Waals surface area contributed by atoms with Crippen molar-refractivity contribution in [3.63, 3.8) is 0 Å². The molecule has 0 spiro atoms. The van der Waals surface area contributed by atoms with Crippen LogP contribution in [-0.4, -0.2) is 0 Å². The van der Waals surface area contributed by atoms with E-state index in [4.69, 9.17) is 0 Å². The summed E-state index contributed by atoms with van der Waals surface area (Å²) < 4.78 is 0. The first kappa shape index (κ1) is 18.5. The molecule has 0 unspecified atom stereocenters. The normalized spacial score (nSPS) is 10.8. The van der Waals surface area contributed by atoms with E-state index in [9.17, 15) is 0 Å². The van der Waals surface area contributed by atoms with Crippen LogP contribution >= 0.6 is 7.92 Å². The van der Waals surface area contributed by atoms with Gasteiger partial charge in [0.1, 0.15) is 0 Å². The van der Waals surface area contributed by atoms with Gasteiger partial charge in [-0.1, -0.05) is 97.1 Å². The molecule has 0 heterocycles. The van der Waals surface area contributed by atoms with Gasteiger partial charge in [0.25, 0.3) is 0 Å². The maximum Gasteiger partial charge on any atom is 0.0469 e. The van der Waals surface area contributed by atoms with Gasteiger partial charge >= 0.3 is 0 Å². The summed E-state index contributed by atoms with van der Waals surface area (Å²) in [4.78, 5) is 0. The predicted molar refractivity (Wildman–Crippen MR) is 124 cm³/mol. The largest absolute Gasteiger partial charge is 0.355 e. The fourth-order valence-corrected chi connectivity index (χ4v) is 5.90. The van der Waals surface area contributed by atoms with Crippen LogP contribution < -0.4 is 21.2 Å². The van der Waals surface area contributed by atoms with Crippen LogP contribution in [-0.2, 0) is 0 Å². The lowest BCUT2D eigenvalue weighted by molar-refractivity contribution is 1.36. The SMILES string of the molecule is Cc1cccc(C)c1Nc1ccccc1P(c1ccccc1)c1ccccc1. The molecule has 0 saturated carbocycles. The Kier molecular flexibility index (Phi) is 5.55. The van der Waals surface area contributed by atoms with Crippen molar-refractivity contribution in [1.29, 1.82) is 0 Å². The van der Waals surface area contributed by atoms with E-state index in [0.29, 0.717) is 0 Å². The fourth-order valence-electron chi connectivity index (χ4n) is 3.50. The fraction of sp³-hybridized carbons (Fsp3) is 0.0769. The van der Waals surface area contributed by atoms with Crippen LogP contribution in [0.2, 0.25) is 0 Å². The minimum absolute atomic E-state index is 0.645. The maximum absolute atomic E-state index is 3.75. The predicted octanol–water partition coefficient (Wildman–Crippen LogP) is 5.81. The molecule has 0 bridgehead atoms. The lowest BCUT2D eigenvalue weighted by Gasteiger charge is -2.23. The van der Waals surface area contributed by atoms with Crippen LogP contribution in [0.4, 0.5) is 11.4 Å². The summed E-state index contributed by atoms with van der Waals surface area (Å²) >= 11 is 0. The third-order valence-corrected chi connectivity index (χ3v) is 7.42. The zero-order valence-corrected chi connectivity index (χ0v) is 17.2. The molecule has 1 N–H and O–H groups in total. The van der Waals surface area contributed by atoms with E-state index in [0.717, 1.165) is 0 Å². The van der Waals surface area contributed by atoms with Crippen molar-refractivity contribution < 1.29 is 0 Å². The van der Waals surface area contributed by atoms with Gasteiger partial charge in [-0.3, -0.25) is 0 Å². The van der Waals surface area contributed by atoms with Crippen molar-refractivity contribution in [2.75, 3.05) is 5.32 Å². The molecule has 4 rings (SSSR count). The van der Waals surface area contributed by atoms with Crippen LogP contribution in [0, 0.1) is 13.8 Å². The molecule has 0 radical (unpaired) electrons. The lowest BCUT2D eigenvalue weighted by Crippen LogP contribution is -2.22. The Morgan fingerprint density at radius 3 is 1.61 bits per heavy atom. The zero-order chi connectivity index (χ0) is 19.3. The van der Waals surface area contributed by atoms with Gasteiger partial charge in [-0.25, -0.2) is 0 Å². The molecule has 0 atom stereocenters. The molecule has 138 valence electrons. The molecular weight excluding hydrogens is 357 g/mol. The van der Waals surface area contributed by atoms with E-state index in [1.807, 2.05) is 0 Å². The van der Waals surface area contributed by atoms with Gasteiger partial charge in [0.15, 0.2) is 0 Å². The van der Waals surface area contributed by atoms with Gasteiger partial charge in [-0.2, -0.15) is 0 Å². The molecule has 0 saturated heterocycles. The Hall–Kier alpha value is -2.89. The second-order valence-electron chi connectivity index (χ2n) is 6.92. The van der Waals surface area contributed by atoms with Crippen molar-refractivity contribution >= 4 is 35.2 Å². The smallest absolute Gasteiger partial charge is 0.0469 e. The monoisotopic (exact) mass is 381 g/mol. The molecule has 0 aliphatic heterocycles. The molecule has 0 fully saturated rings. The summed E-state index contributed by atoms with van der Waals surface area (Å²) in [6.07, 6.45) is 0. The van der Waals surface area contributed by atoms with E-state index in [2.05, 4.69) is 122 Å². The number of aryl methyl sites for hydroxylation is 2. The highest BCUT2D eigenvalue weighted by molar-refractivity contribution is 7.80. The summed E-state index contributed by atoms with van der Waals surface area (Å²) in [7, 11) is -0.645. The van der Waals surface area contributed by atoms with Crippen molar-refractivity contribution in [2.45, 2.75) is 13.8 Å². The molecule has 4 aromatic carbocycles. The molecule has 0 aliphatic rings. The van der Waals surface area contributed by atoms with Crippen molar-refractivity contribution in [2.24, 2.45) is 0 Å². The van der Waals surface area contributed by atoms with Crippen LogP contribution in [0.15, 0.2) is 103 Å². The molecule has 0 amide bonds. The minimum atomic E-state index is -0.645. The van der Waals surface area contributed by atoms with Crippen LogP contribution in [0.1, 0.15) is 11.1 Å². The van der Waals surface area contributed by atoms with E-state index in [1.54, 1.807) is 0 Å². The Morgan fingerprint density at radius 1 is 0.536 bits per heavy atom. The third kappa shape index (κ3) is 3.86. The van der Waals surface area contributed by atoms with Crippen molar-refractivity contribution in [3.05, 3.63) is 114 Å². The molecule has 2 heteroatoms. The van der Waals surface area contributed by atoms with Gasteiger partial charge in [0.05, 0.1) is 0 Å². The van der Waals surface area contributed by atoms with Gasteiger partial charge in [0, 0.05) is 16.7 Å². The summed E-state index contributed by atoms with van der Waals surface area (Å²) in [6, 6.07) is 36.8. The zero-order valence-electron chi connectivity index (χ0n) is 16.3. The first-order valence-corrected chi connectivity index (χ1v) is 10.9. The van der Waals surface area contributed by atoms with Gasteiger partial charge in [-0.05, 0) is 49.6 Å². The molecule has 0 aliphatic carbocycles. The summed E-state index contributed by atoms with van der Waals surface area (Å²) in [5.74, 6) is 0. The number of hydrogen-bond donors (Lipinski definition) is 1. The molecule has 4 aromatic rings. The highest BCUT2D eigenvalue weighted by Crippen LogP contribution is 2.37. The highest BCUT2D eigenvalue weighted by Gasteiger charge is 2.19. The Morgan fingerprint density at radius 2 is 1.04 bits per heavy atom. The average molecular weight is 381 g/mol. The molecular formula is C26H24NP. The standard InChI is InChI=1S/C26H24NP/c1-20-12-11-13-21(2)26(20)27-24-18-9-10-19-25(24)28(22-14-5-3-6-15-22)23-16-7-4-8-17-23/h3-19,27H,1-2H3. The lowest BCUT2D eigenvalue weighted by atomic mass is 10.1. The quantitative estimate of drug-likeness (QED) is 0.431. The van der Waals surface area contributed by atoms with Gasteiger partial charge in [-0.15, -0.1) is 0 Å². The van der Waals surface area contributed by atoms with E-state index >= 15 is 0 Å². The Labute approximate surface area is 168 Å². The first-order chi connectivity index (χ1) is 13.7. The number of nitrogens with one attached hydrogen (secondary N) is 1. The van der Waals surface area contributed by atoms with Crippen molar-refractivity contribution in [3.8, 4) is 0 Å². The molecule has 28 heavy (non-hydrogen) atoms. The van der Waals surface area contributed by atoms with Gasteiger partial charge < -0.3 is 5.32 Å². The number of anilines is 2. The summed E-state index contributed by atoms with van der Waals surface area (Å²) in [6.45, 7) is 4.32. The second kappa shape index (κ2) is 8.42. The highest BCUT2D eigenvalue weighted by atomic mass is 31.1. The van der Waals surface area contributed by atoms with E-state index < -0.39 is 7.92 Å². The van der Waals surface area contributed by atoms with Gasteiger partial charge in [0.2, 0.25) is 0 Å². The first-order valence-electron chi connectivity index (χ1n) is 9.56. The second-order valence-corrected chi connectivity index (χ2v) is 9.10. The van der Waals surface area contributed by atoms with Crippen LogP contribution in [0.5, 0.6) is 0 Å². The average Bonchev–Trinajstić information content (AvgIpc) is 2.74. The molecule has 1 nitrogen and oxygen atoms in total.